The summed E-state index contributed by atoms with van der Waals surface area (Å²) < 4.78 is 10.4. The van der Waals surface area contributed by atoms with Gasteiger partial charge in [0.05, 0.1) is 19.8 Å². The van der Waals surface area contributed by atoms with Gasteiger partial charge in [0, 0.05) is 13.7 Å². The maximum Gasteiger partial charge on any atom is 0.101 e. The molecule has 0 radical (unpaired) electrons. The Morgan fingerprint density at radius 2 is 1.78 bits per heavy atom. The molecule has 0 aromatic heterocycles. The SMILES string of the molecule is CCC(C)(CO)CC(C)(C)COCC(O)COC. The highest BCUT2D eigenvalue weighted by Crippen LogP contribution is 2.36. The molecule has 0 amide bonds. The molecule has 4 heteroatoms. The molecule has 0 saturated heterocycles. The summed E-state index contributed by atoms with van der Waals surface area (Å²) in [5.74, 6) is 0. The lowest BCUT2D eigenvalue weighted by atomic mass is 9.73. The maximum atomic E-state index is 9.48. The van der Waals surface area contributed by atoms with E-state index in [-0.39, 0.29) is 17.4 Å². The first-order valence-corrected chi connectivity index (χ1v) is 6.64. The standard InChI is InChI=1S/C14H30O4/c1-6-14(4,10-15)9-13(2,3)11-18-8-12(16)7-17-5/h12,15-16H,6-11H2,1-5H3. The van der Waals surface area contributed by atoms with Crippen LogP contribution in [0.1, 0.15) is 40.5 Å². The highest BCUT2D eigenvalue weighted by Gasteiger charge is 2.31. The van der Waals surface area contributed by atoms with Gasteiger partial charge in [0.1, 0.15) is 6.10 Å². The Labute approximate surface area is 111 Å². The van der Waals surface area contributed by atoms with Gasteiger partial charge in [-0.3, -0.25) is 0 Å². The Kier molecular flexibility index (Phi) is 8.03. The molecule has 0 rings (SSSR count). The van der Waals surface area contributed by atoms with Crippen LogP contribution in [0.15, 0.2) is 0 Å². The van der Waals surface area contributed by atoms with E-state index in [1.165, 1.54) is 0 Å². The van der Waals surface area contributed by atoms with Crippen LogP contribution in [-0.4, -0.2) is 49.9 Å². The van der Waals surface area contributed by atoms with Crippen molar-refractivity contribution < 1.29 is 19.7 Å². The second-order valence-corrected chi connectivity index (χ2v) is 6.29. The Hall–Kier alpha value is -0.160. The molecule has 18 heavy (non-hydrogen) atoms. The normalized spacial score (nSPS) is 17.5. The Morgan fingerprint density at radius 3 is 2.22 bits per heavy atom. The van der Waals surface area contributed by atoms with E-state index in [2.05, 4.69) is 27.7 Å². The predicted molar refractivity (Wildman–Crippen MR) is 72.6 cm³/mol. The molecule has 0 saturated carbocycles. The first-order valence-electron chi connectivity index (χ1n) is 6.64. The first kappa shape index (κ1) is 17.8. The van der Waals surface area contributed by atoms with Crippen LogP contribution in [0.4, 0.5) is 0 Å². The smallest absolute Gasteiger partial charge is 0.101 e. The van der Waals surface area contributed by atoms with Crippen molar-refractivity contribution in [1.82, 2.24) is 0 Å². The lowest BCUT2D eigenvalue weighted by Crippen LogP contribution is -2.32. The van der Waals surface area contributed by atoms with Crippen molar-refractivity contribution in [3.05, 3.63) is 0 Å². The summed E-state index contributed by atoms with van der Waals surface area (Å²) in [7, 11) is 1.56. The molecular formula is C14H30O4. The van der Waals surface area contributed by atoms with Gasteiger partial charge < -0.3 is 19.7 Å². The van der Waals surface area contributed by atoms with Gasteiger partial charge in [-0.25, -0.2) is 0 Å². The van der Waals surface area contributed by atoms with Gasteiger partial charge in [0.15, 0.2) is 0 Å². The fraction of sp³-hybridized carbons (Fsp3) is 1.00. The third-order valence-corrected chi connectivity index (χ3v) is 3.30. The van der Waals surface area contributed by atoms with Crippen LogP contribution >= 0.6 is 0 Å². The molecule has 2 unspecified atom stereocenters. The van der Waals surface area contributed by atoms with Crippen molar-refractivity contribution in [3.63, 3.8) is 0 Å². The topological polar surface area (TPSA) is 58.9 Å². The zero-order valence-corrected chi connectivity index (χ0v) is 12.5. The summed E-state index contributed by atoms with van der Waals surface area (Å²) in [5.41, 5.74) is -0.0711. The van der Waals surface area contributed by atoms with Crippen LogP contribution in [0.2, 0.25) is 0 Å². The lowest BCUT2D eigenvalue weighted by molar-refractivity contribution is -0.0387. The Balaban J connectivity index is 4.07. The third-order valence-electron chi connectivity index (χ3n) is 3.30. The van der Waals surface area contributed by atoms with Crippen molar-refractivity contribution in [2.75, 3.05) is 33.5 Å². The van der Waals surface area contributed by atoms with Gasteiger partial charge in [0.25, 0.3) is 0 Å². The summed E-state index contributed by atoms with van der Waals surface area (Å²) in [4.78, 5) is 0. The molecule has 0 spiro atoms. The Bertz CT molecular complexity index is 212. The van der Waals surface area contributed by atoms with Gasteiger partial charge in [-0.05, 0) is 23.7 Å². The van der Waals surface area contributed by atoms with Crippen LogP contribution in [0, 0.1) is 10.8 Å². The van der Waals surface area contributed by atoms with E-state index < -0.39 is 6.10 Å². The fourth-order valence-corrected chi connectivity index (χ4v) is 2.21. The quantitative estimate of drug-likeness (QED) is 0.630. The van der Waals surface area contributed by atoms with E-state index in [4.69, 9.17) is 9.47 Å². The molecule has 2 atom stereocenters. The van der Waals surface area contributed by atoms with Crippen LogP contribution in [-0.2, 0) is 9.47 Å². The van der Waals surface area contributed by atoms with Gasteiger partial charge in [0.2, 0.25) is 0 Å². The molecule has 0 aliphatic carbocycles. The Morgan fingerprint density at radius 1 is 1.17 bits per heavy atom. The second-order valence-electron chi connectivity index (χ2n) is 6.29. The van der Waals surface area contributed by atoms with Gasteiger partial charge >= 0.3 is 0 Å². The second kappa shape index (κ2) is 8.10. The molecule has 0 fully saturated rings. The minimum Gasteiger partial charge on any atom is -0.396 e. The number of aliphatic hydroxyl groups excluding tert-OH is 2. The monoisotopic (exact) mass is 262 g/mol. The molecule has 0 bridgehead atoms. The average Bonchev–Trinajstić information content (AvgIpc) is 2.28. The van der Waals surface area contributed by atoms with Crippen LogP contribution < -0.4 is 0 Å². The zero-order chi connectivity index (χ0) is 14.2. The van der Waals surface area contributed by atoms with Gasteiger partial charge in [-0.15, -0.1) is 0 Å². The molecule has 4 nitrogen and oxygen atoms in total. The summed E-state index contributed by atoms with van der Waals surface area (Å²) in [6, 6.07) is 0. The molecule has 2 N–H and O–H groups in total. The van der Waals surface area contributed by atoms with E-state index in [9.17, 15) is 10.2 Å². The number of hydrogen-bond acceptors (Lipinski definition) is 4. The summed E-state index contributed by atoms with van der Waals surface area (Å²) >= 11 is 0. The van der Waals surface area contributed by atoms with Crippen molar-refractivity contribution in [2.24, 2.45) is 10.8 Å². The molecular weight excluding hydrogens is 232 g/mol. The largest absolute Gasteiger partial charge is 0.396 e. The summed E-state index contributed by atoms with van der Waals surface area (Å²) in [5, 5.41) is 18.9. The van der Waals surface area contributed by atoms with E-state index in [1.807, 2.05) is 0 Å². The number of rotatable bonds is 10. The third kappa shape index (κ3) is 7.31. The molecule has 0 aromatic rings. The van der Waals surface area contributed by atoms with Crippen molar-refractivity contribution in [1.29, 1.82) is 0 Å². The fourth-order valence-electron chi connectivity index (χ4n) is 2.21. The minimum absolute atomic E-state index is 0.0136. The summed E-state index contributed by atoms with van der Waals surface area (Å²) in [6.45, 7) is 9.79. The first-order chi connectivity index (χ1) is 8.28. The van der Waals surface area contributed by atoms with Crippen LogP contribution in [0.5, 0.6) is 0 Å². The molecule has 110 valence electrons. The highest BCUT2D eigenvalue weighted by molar-refractivity contribution is 4.81. The van der Waals surface area contributed by atoms with E-state index in [0.29, 0.717) is 19.8 Å². The molecule has 0 aliphatic heterocycles. The van der Waals surface area contributed by atoms with Gasteiger partial charge in [-0.2, -0.15) is 0 Å². The van der Waals surface area contributed by atoms with E-state index >= 15 is 0 Å². The van der Waals surface area contributed by atoms with Gasteiger partial charge in [-0.1, -0.05) is 27.7 Å². The van der Waals surface area contributed by atoms with E-state index in [0.717, 1.165) is 12.8 Å². The molecule has 0 aliphatic rings. The number of methoxy groups -OCH3 is 1. The predicted octanol–water partition coefficient (Wildman–Crippen LogP) is 1.84. The van der Waals surface area contributed by atoms with E-state index in [1.54, 1.807) is 7.11 Å². The molecule has 0 aromatic carbocycles. The minimum atomic E-state index is -0.568. The highest BCUT2D eigenvalue weighted by atomic mass is 16.5. The average molecular weight is 262 g/mol. The lowest BCUT2D eigenvalue weighted by Gasteiger charge is -2.35. The molecule has 0 heterocycles. The van der Waals surface area contributed by atoms with Crippen LogP contribution in [0.3, 0.4) is 0 Å². The van der Waals surface area contributed by atoms with Crippen LogP contribution in [0.25, 0.3) is 0 Å². The zero-order valence-electron chi connectivity index (χ0n) is 12.5. The maximum absolute atomic E-state index is 9.48. The number of ether oxygens (including phenoxy) is 2. The van der Waals surface area contributed by atoms with Crippen molar-refractivity contribution in [3.8, 4) is 0 Å². The number of hydrogen-bond donors (Lipinski definition) is 2. The van der Waals surface area contributed by atoms with Crippen molar-refractivity contribution in [2.45, 2.75) is 46.6 Å². The number of aliphatic hydroxyl groups is 2. The summed E-state index contributed by atoms with van der Waals surface area (Å²) in [6.07, 6.45) is 1.27. The van der Waals surface area contributed by atoms with Crippen molar-refractivity contribution >= 4 is 0 Å².